The molecule has 0 spiro atoms. The lowest BCUT2D eigenvalue weighted by Gasteiger charge is -2.22. The Bertz CT molecular complexity index is 678. The van der Waals surface area contributed by atoms with Gasteiger partial charge in [-0.3, -0.25) is 10.1 Å². The monoisotopic (exact) mass is 317 g/mol. The highest BCUT2D eigenvalue weighted by Crippen LogP contribution is 2.37. The molecule has 3 amide bonds. The summed E-state index contributed by atoms with van der Waals surface area (Å²) in [7, 11) is 3.19. The molecule has 2 fully saturated rings. The molecule has 0 atom stereocenters. The Morgan fingerprint density at radius 3 is 2.30 bits per heavy atom. The fourth-order valence-electron chi connectivity index (χ4n) is 2.86. The van der Waals surface area contributed by atoms with Crippen molar-refractivity contribution in [2.24, 2.45) is 0 Å². The lowest BCUT2D eigenvalue weighted by atomic mass is 10.1. The maximum absolute atomic E-state index is 11.7. The summed E-state index contributed by atoms with van der Waals surface area (Å²) in [6.07, 6.45) is 3.89. The molecule has 122 valence electrons. The Morgan fingerprint density at radius 1 is 1.04 bits per heavy atom. The number of imide groups is 1. The summed E-state index contributed by atoms with van der Waals surface area (Å²) in [5.41, 5.74) is 1.83. The number of benzene rings is 1. The first-order valence-electron chi connectivity index (χ1n) is 7.47. The van der Waals surface area contributed by atoms with Gasteiger partial charge in [0.2, 0.25) is 0 Å². The fraction of sp³-hybridized carbons (Fsp3) is 0.375. The number of urea groups is 1. The van der Waals surface area contributed by atoms with Gasteiger partial charge < -0.3 is 19.7 Å². The third kappa shape index (κ3) is 2.94. The predicted molar refractivity (Wildman–Crippen MR) is 85.6 cm³/mol. The number of amides is 3. The number of ether oxygens (including phenoxy) is 2. The topological polar surface area (TPSA) is 79.9 Å². The van der Waals surface area contributed by atoms with E-state index in [4.69, 9.17) is 9.47 Å². The Kier molecular flexibility index (Phi) is 4.10. The maximum Gasteiger partial charge on any atom is 0.326 e. The number of carbonyl (C=O) groups excluding carboxylic acids is 2. The molecule has 2 aliphatic heterocycles. The molecule has 23 heavy (non-hydrogen) atoms. The normalized spacial score (nSPS) is 19.0. The molecule has 2 N–H and O–H groups in total. The van der Waals surface area contributed by atoms with Gasteiger partial charge in [-0.05, 0) is 25.0 Å². The van der Waals surface area contributed by atoms with Crippen LogP contribution in [0.3, 0.4) is 0 Å². The first-order chi connectivity index (χ1) is 11.1. The predicted octanol–water partition coefficient (Wildman–Crippen LogP) is 1.48. The van der Waals surface area contributed by atoms with E-state index in [-0.39, 0.29) is 5.70 Å². The summed E-state index contributed by atoms with van der Waals surface area (Å²) in [6, 6.07) is 3.20. The van der Waals surface area contributed by atoms with Crippen molar-refractivity contribution >= 4 is 23.7 Å². The molecule has 7 nitrogen and oxygen atoms in total. The highest BCUT2D eigenvalue weighted by molar-refractivity contribution is 6.14. The fourth-order valence-corrected chi connectivity index (χ4v) is 2.86. The van der Waals surface area contributed by atoms with Gasteiger partial charge in [-0.25, -0.2) is 4.79 Å². The molecule has 0 aromatic heterocycles. The highest BCUT2D eigenvalue weighted by Gasteiger charge is 2.24. The number of nitrogens with zero attached hydrogens (tertiary/aromatic N) is 1. The van der Waals surface area contributed by atoms with Crippen molar-refractivity contribution in [3.05, 3.63) is 23.4 Å². The Balaban J connectivity index is 2.01. The zero-order valence-corrected chi connectivity index (χ0v) is 13.1. The van der Waals surface area contributed by atoms with Crippen molar-refractivity contribution in [2.75, 3.05) is 32.2 Å². The van der Waals surface area contributed by atoms with E-state index in [1.54, 1.807) is 20.3 Å². The first kappa shape index (κ1) is 15.2. The van der Waals surface area contributed by atoms with Crippen molar-refractivity contribution in [2.45, 2.75) is 12.8 Å². The quantitative estimate of drug-likeness (QED) is 0.649. The van der Waals surface area contributed by atoms with Crippen molar-refractivity contribution < 1.29 is 19.1 Å². The Labute approximate surface area is 134 Å². The van der Waals surface area contributed by atoms with Crippen LogP contribution in [0.5, 0.6) is 11.5 Å². The van der Waals surface area contributed by atoms with Gasteiger partial charge in [0, 0.05) is 24.7 Å². The molecule has 1 aromatic carbocycles. The van der Waals surface area contributed by atoms with Crippen LogP contribution < -0.4 is 25.0 Å². The number of carbonyl (C=O) groups is 2. The number of nitrogens with one attached hydrogen (secondary N) is 2. The molecule has 0 saturated carbocycles. The zero-order chi connectivity index (χ0) is 16.4. The van der Waals surface area contributed by atoms with Gasteiger partial charge in [-0.15, -0.1) is 0 Å². The van der Waals surface area contributed by atoms with Crippen LogP contribution >= 0.6 is 0 Å². The Hall–Kier alpha value is -2.70. The molecule has 2 aliphatic rings. The first-order valence-corrected chi connectivity index (χ1v) is 7.47. The summed E-state index contributed by atoms with van der Waals surface area (Å²) >= 11 is 0. The lowest BCUT2D eigenvalue weighted by Crippen LogP contribution is -2.22. The van der Waals surface area contributed by atoms with E-state index in [0.717, 1.165) is 31.6 Å². The van der Waals surface area contributed by atoms with Gasteiger partial charge in [0.05, 0.1) is 19.9 Å². The molecule has 0 bridgehead atoms. The van der Waals surface area contributed by atoms with Gasteiger partial charge in [-0.1, -0.05) is 0 Å². The van der Waals surface area contributed by atoms with Crippen molar-refractivity contribution in [3.63, 3.8) is 0 Å². The van der Waals surface area contributed by atoms with Gasteiger partial charge in [0.1, 0.15) is 17.2 Å². The second-order valence-electron chi connectivity index (χ2n) is 5.43. The molecule has 0 aliphatic carbocycles. The molecule has 3 rings (SSSR count). The Morgan fingerprint density at radius 2 is 1.74 bits per heavy atom. The average molecular weight is 317 g/mol. The minimum atomic E-state index is -0.527. The largest absolute Gasteiger partial charge is 0.496 e. The molecule has 0 unspecified atom stereocenters. The number of anilines is 1. The second-order valence-corrected chi connectivity index (χ2v) is 5.43. The summed E-state index contributed by atoms with van der Waals surface area (Å²) in [5, 5.41) is 4.64. The third-order valence-electron chi connectivity index (χ3n) is 4.00. The second kappa shape index (κ2) is 6.20. The summed E-state index contributed by atoms with van der Waals surface area (Å²) in [5.74, 6) is 0.873. The van der Waals surface area contributed by atoms with Crippen LogP contribution in [0.4, 0.5) is 10.5 Å². The molecular weight excluding hydrogens is 298 g/mol. The molecular formula is C16H19N3O4. The molecule has 7 heteroatoms. The molecule has 1 aromatic rings. The van der Waals surface area contributed by atoms with Gasteiger partial charge in [-0.2, -0.15) is 0 Å². The standard InChI is InChI=1S/C16H19N3O4/c1-22-13-9-12(19-5-3-4-6-19)14(23-2)8-10(13)7-11-15(20)18-16(21)17-11/h7-9H,3-6H2,1-2H3,(H2,17,18,20,21). The zero-order valence-electron chi connectivity index (χ0n) is 13.1. The lowest BCUT2D eigenvalue weighted by molar-refractivity contribution is -0.115. The SMILES string of the molecule is COc1cc(N2CCCC2)c(OC)cc1C=C1NC(=O)NC1=O. The highest BCUT2D eigenvalue weighted by atomic mass is 16.5. The van der Waals surface area contributed by atoms with Gasteiger partial charge in [0.25, 0.3) is 5.91 Å². The van der Waals surface area contributed by atoms with E-state index in [2.05, 4.69) is 15.5 Å². The van der Waals surface area contributed by atoms with Crippen LogP contribution in [0.2, 0.25) is 0 Å². The average Bonchev–Trinajstić information content (AvgIpc) is 3.17. The number of hydrogen-bond acceptors (Lipinski definition) is 5. The smallest absolute Gasteiger partial charge is 0.326 e. The third-order valence-corrected chi connectivity index (χ3v) is 4.00. The number of methoxy groups -OCH3 is 2. The minimum Gasteiger partial charge on any atom is -0.496 e. The molecule has 2 heterocycles. The number of hydrogen-bond donors (Lipinski definition) is 2. The van der Waals surface area contributed by atoms with Gasteiger partial charge in [0.15, 0.2) is 0 Å². The van der Waals surface area contributed by atoms with Gasteiger partial charge >= 0.3 is 6.03 Å². The van der Waals surface area contributed by atoms with Crippen molar-refractivity contribution in [1.82, 2.24) is 10.6 Å². The van der Waals surface area contributed by atoms with Crippen LogP contribution in [0.25, 0.3) is 6.08 Å². The van der Waals surface area contributed by atoms with Crippen LogP contribution in [-0.2, 0) is 4.79 Å². The van der Waals surface area contributed by atoms with Crippen LogP contribution in [0.1, 0.15) is 18.4 Å². The maximum atomic E-state index is 11.7. The minimum absolute atomic E-state index is 0.185. The van der Waals surface area contributed by atoms with E-state index < -0.39 is 11.9 Å². The molecule has 0 radical (unpaired) electrons. The van der Waals surface area contributed by atoms with Crippen LogP contribution in [0, 0.1) is 0 Å². The van der Waals surface area contributed by atoms with E-state index in [0.29, 0.717) is 17.1 Å². The van der Waals surface area contributed by atoms with E-state index >= 15 is 0 Å². The molecule has 2 saturated heterocycles. The van der Waals surface area contributed by atoms with Crippen LogP contribution in [0.15, 0.2) is 17.8 Å². The number of rotatable bonds is 4. The summed E-state index contributed by atoms with van der Waals surface area (Å²) in [6.45, 7) is 1.97. The summed E-state index contributed by atoms with van der Waals surface area (Å²) < 4.78 is 10.9. The van der Waals surface area contributed by atoms with E-state index in [9.17, 15) is 9.59 Å². The van der Waals surface area contributed by atoms with Crippen molar-refractivity contribution in [3.8, 4) is 11.5 Å². The van der Waals surface area contributed by atoms with E-state index in [1.807, 2.05) is 12.1 Å². The van der Waals surface area contributed by atoms with Crippen LogP contribution in [-0.4, -0.2) is 39.2 Å². The van der Waals surface area contributed by atoms with Crippen molar-refractivity contribution in [1.29, 1.82) is 0 Å². The van der Waals surface area contributed by atoms with E-state index in [1.165, 1.54) is 0 Å². The summed E-state index contributed by atoms with van der Waals surface area (Å²) in [4.78, 5) is 25.1.